The Morgan fingerprint density at radius 3 is 2.15 bits per heavy atom. The van der Waals surface area contributed by atoms with Gasteiger partial charge in [-0.25, -0.2) is 0 Å². The predicted molar refractivity (Wildman–Crippen MR) is 72.9 cm³/mol. The molecule has 1 heterocycles. The fourth-order valence-corrected chi connectivity index (χ4v) is 3.63. The van der Waals surface area contributed by atoms with Crippen LogP contribution in [-0.2, 0) is 9.59 Å². The lowest BCUT2D eigenvalue weighted by atomic mass is 9.78. The van der Waals surface area contributed by atoms with E-state index in [1.807, 2.05) is 11.9 Å². The number of carboxylic acid groups (broad SMARTS) is 1. The minimum Gasteiger partial charge on any atom is -0.550 e. The van der Waals surface area contributed by atoms with Crippen LogP contribution >= 0.6 is 0 Å². The molecule has 0 unspecified atom stereocenters. The Hall–Kier alpha value is -1.10. The van der Waals surface area contributed by atoms with Gasteiger partial charge in [-0.05, 0) is 12.8 Å². The van der Waals surface area contributed by atoms with Crippen molar-refractivity contribution in [1.29, 1.82) is 0 Å². The molecule has 2 atom stereocenters. The Labute approximate surface area is 120 Å². The third-order valence-corrected chi connectivity index (χ3v) is 5.09. The van der Waals surface area contributed by atoms with Gasteiger partial charge < -0.3 is 19.7 Å². The first-order valence-electron chi connectivity index (χ1n) is 7.79. The molecule has 1 saturated carbocycles. The fraction of sp³-hybridized carbons (Fsp3) is 0.867. The lowest BCUT2D eigenvalue weighted by Gasteiger charge is -2.38. The van der Waals surface area contributed by atoms with E-state index in [-0.39, 0.29) is 17.9 Å². The highest BCUT2D eigenvalue weighted by Gasteiger charge is 2.36. The van der Waals surface area contributed by atoms with E-state index in [4.69, 9.17) is 0 Å². The number of piperidine rings is 1. The number of carboxylic acids is 1. The maximum atomic E-state index is 12.6. The van der Waals surface area contributed by atoms with E-state index >= 15 is 0 Å². The molecule has 0 spiro atoms. The normalized spacial score (nSPS) is 34.5. The Bertz CT molecular complexity index is 364. The second-order valence-corrected chi connectivity index (χ2v) is 6.45. The van der Waals surface area contributed by atoms with Crippen LogP contribution in [0.25, 0.3) is 0 Å². The van der Waals surface area contributed by atoms with Gasteiger partial charge in [-0.3, -0.25) is 4.79 Å². The average Bonchev–Trinajstić information content (AvgIpc) is 2.46. The third-order valence-electron chi connectivity index (χ3n) is 5.09. The van der Waals surface area contributed by atoms with Crippen molar-refractivity contribution in [2.24, 2.45) is 11.8 Å². The summed E-state index contributed by atoms with van der Waals surface area (Å²) in [7, 11) is 4.01. The van der Waals surface area contributed by atoms with Crippen molar-refractivity contribution in [2.75, 3.05) is 27.2 Å². The minimum absolute atomic E-state index is 0.0171. The topological polar surface area (TPSA) is 64.9 Å². The summed E-state index contributed by atoms with van der Waals surface area (Å²) in [6, 6.07) is 0.274. The molecule has 20 heavy (non-hydrogen) atoms. The monoisotopic (exact) mass is 282 g/mol. The number of hydrogen-bond donors (Lipinski definition) is 1. The number of hydrogen-bond acceptors (Lipinski definition) is 3. The summed E-state index contributed by atoms with van der Waals surface area (Å²) >= 11 is 0. The van der Waals surface area contributed by atoms with Gasteiger partial charge in [0.05, 0.1) is 20.1 Å². The lowest BCUT2D eigenvalue weighted by Crippen LogP contribution is -3.10. The Kier molecular flexibility index (Phi) is 5.02. The minimum atomic E-state index is -1.05. The molecule has 0 aromatic rings. The highest BCUT2D eigenvalue weighted by atomic mass is 16.4. The standard InChI is InChI=1S/C15H26N2O3/c1-16-9-7-11(8-10-16)17(2)14(18)12-5-3-4-6-13(12)15(19)20/h11-13H,3-10H2,1-2H3,(H,19,20)/t12-,13-/m0/s1. The van der Waals surface area contributed by atoms with Crippen LogP contribution < -0.4 is 10.0 Å². The van der Waals surface area contributed by atoms with Crippen LogP contribution in [0.1, 0.15) is 38.5 Å². The molecule has 0 aromatic heterocycles. The van der Waals surface area contributed by atoms with Gasteiger partial charge in [0, 0.05) is 43.7 Å². The number of rotatable bonds is 3. The van der Waals surface area contributed by atoms with Crippen molar-refractivity contribution in [3.05, 3.63) is 0 Å². The zero-order valence-corrected chi connectivity index (χ0v) is 12.6. The second-order valence-electron chi connectivity index (χ2n) is 6.45. The first-order valence-corrected chi connectivity index (χ1v) is 7.79. The van der Waals surface area contributed by atoms with Crippen molar-refractivity contribution in [2.45, 2.75) is 44.6 Å². The SMILES string of the molecule is CN(C(=O)[C@H]1CCCC[C@@H]1C(=O)[O-])C1CC[NH+](C)CC1. The van der Waals surface area contributed by atoms with Gasteiger partial charge in [0.1, 0.15) is 0 Å². The number of nitrogens with zero attached hydrogens (tertiary/aromatic N) is 1. The lowest BCUT2D eigenvalue weighted by molar-refractivity contribution is -0.885. The van der Waals surface area contributed by atoms with Crippen LogP contribution in [0.15, 0.2) is 0 Å². The van der Waals surface area contributed by atoms with Gasteiger partial charge in [0.15, 0.2) is 0 Å². The van der Waals surface area contributed by atoms with E-state index in [0.717, 1.165) is 38.8 Å². The molecule has 1 amide bonds. The molecule has 5 heteroatoms. The maximum absolute atomic E-state index is 12.6. The maximum Gasteiger partial charge on any atom is 0.226 e. The molecule has 0 bridgehead atoms. The van der Waals surface area contributed by atoms with Crippen LogP contribution in [0.2, 0.25) is 0 Å². The van der Waals surface area contributed by atoms with E-state index in [9.17, 15) is 14.7 Å². The summed E-state index contributed by atoms with van der Waals surface area (Å²) in [6.45, 7) is 2.16. The molecule has 1 aliphatic carbocycles. The number of amides is 1. The Morgan fingerprint density at radius 2 is 1.60 bits per heavy atom. The molecule has 114 valence electrons. The van der Waals surface area contributed by atoms with Crippen molar-refractivity contribution < 1.29 is 19.6 Å². The molecular formula is C15H26N2O3. The number of nitrogens with one attached hydrogen (secondary N) is 1. The van der Waals surface area contributed by atoms with Gasteiger partial charge in [-0.2, -0.15) is 0 Å². The molecule has 2 fully saturated rings. The summed E-state index contributed by atoms with van der Waals surface area (Å²) < 4.78 is 0. The fourth-order valence-electron chi connectivity index (χ4n) is 3.63. The largest absolute Gasteiger partial charge is 0.550 e. The summed E-state index contributed by atoms with van der Waals surface area (Å²) in [5.41, 5.74) is 0. The number of quaternary nitrogens is 1. The van der Waals surface area contributed by atoms with E-state index in [1.165, 1.54) is 4.90 Å². The van der Waals surface area contributed by atoms with E-state index in [0.29, 0.717) is 12.8 Å². The smallest absolute Gasteiger partial charge is 0.226 e. The Morgan fingerprint density at radius 1 is 1.05 bits per heavy atom. The molecule has 2 aliphatic rings. The highest BCUT2D eigenvalue weighted by molar-refractivity contribution is 5.84. The van der Waals surface area contributed by atoms with Crippen LogP contribution in [0.5, 0.6) is 0 Å². The number of carbonyl (C=O) groups excluding carboxylic acids is 2. The van der Waals surface area contributed by atoms with Gasteiger partial charge in [-0.15, -0.1) is 0 Å². The zero-order valence-electron chi connectivity index (χ0n) is 12.6. The number of aliphatic carboxylic acids is 1. The predicted octanol–water partition coefficient (Wildman–Crippen LogP) is -1.32. The van der Waals surface area contributed by atoms with Crippen LogP contribution in [0.4, 0.5) is 0 Å². The quantitative estimate of drug-likeness (QED) is 0.698. The molecule has 0 radical (unpaired) electrons. The van der Waals surface area contributed by atoms with Crippen molar-refractivity contribution in [3.8, 4) is 0 Å². The summed E-state index contributed by atoms with van der Waals surface area (Å²) in [4.78, 5) is 27.2. The molecule has 1 aliphatic heterocycles. The van der Waals surface area contributed by atoms with E-state index in [1.54, 1.807) is 0 Å². The van der Waals surface area contributed by atoms with Crippen molar-refractivity contribution in [1.82, 2.24) is 4.90 Å². The van der Waals surface area contributed by atoms with Gasteiger partial charge >= 0.3 is 0 Å². The average molecular weight is 282 g/mol. The molecule has 1 N–H and O–H groups in total. The third kappa shape index (κ3) is 3.32. The summed E-state index contributed by atoms with van der Waals surface area (Å²) in [6.07, 6.45) is 5.15. The first kappa shape index (κ1) is 15.3. The molecule has 5 nitrogen and oxygen atoms in total. The Balaban J connectivity index is 1.99. The molecule has 0 aromatic carbocycles. The van der Waals surface area contributed by atoms with E-state index in [2.05, 4.69) is 7.05 Å². The summed E-state index contributed by atoms with van der Waals surface area (Å²) in [5, 5.41) is 11.2. The first-order chi connectivity index (χ1) is 9.50. The van der Waals surface area contributed by atoms with Crippen LogP contribution in [0, 0.1) is 11.8 Å². The molecule has 1 saturated heterocycles. The van der Waals surface area contributed by atoms with Gasteiger partial charge in [0.25, 0.3) is 0 Å². The van der Waals surface area contributed by atoms with Gasteiger partial charge in [-0.1, -0.05) is 12.8 Å². The molecular weight excluding hydrogens is 256 g/mol. The molecule has 2 rings (SSSR count). The highest BCUT2D eigenvalue weighted by Crippen LogP contribution is 2.31. The van der Waals surface area contributed by atoms with Crippen molar-refractivity contribution >= 4 is 11.9 Å². The number of carbonyl (C=O) groups is 2. The van der Waals surface area contributed by atoms with Gasteiger partial charge in [0.2, 0.25) is 5.91 Å². The van der Waals surface area contributed by atoms with E-state index < -0.39 is 11.9 Å². The number of likely N-dealkylation sites (tertiary alicyclic amines) is 1. The summed E-state index contributed by atoms with van der Waals surface area (Å²) in [5.74, 6) is -1.99. The van der Waals surface area contributed by atoms with Crippen LogP contribution in [-0.4, -0.2) is 50.0 Å². The second kappa shape index (κ2) is 6.57. The van der Waals surface area contributed by atoms with Crippen LogP contribution in [0.3, 0.4) is 0 Å². The zero-order chi connectivity index (χ0) is 14.7. The van der Waals surface area contributed by atoms with Crippen molar-refractivity contribution in [3.63, 3.8) is 0 Å².